The molecule has 1 heterocycles. The number of rotatable bonds is 2. The van der Waals surface area contributed by atoms with E-state index in [4.69, 9.17) is 4.99 Å². The number of aliphatic imine (C=N–C) groups is 1. The summed E-state index contributed by atoms with van der Waals surface area (Å²) in [6.07, 6.45) is -0.346. The molecule has 0 bridgehead atoms. The summed E-state index contributed by atoms with van der Waals surface area (Å²) >= 11 is 0. The number of nitrogens with zero attached hydrogens (tertiary/aromatic N) is 2. The summed E-state index contributed by atoms with van der Waals surface area (Å²) in [5.74, 6) is 0. The fourth-order valence-electron chi connectivity index (χ4n) is 2.61. The van der Waals surface area contributed by atoms with E-state index in [1.165, 1.54) is 5.06 Å². The summed E-state index contributed by atoms with van der Waals surface area (Å²) in [6.45, 7) is 3.98. The van der Waals surface area contributed by atoms with Crippen LogP contribution in [-0.2, 0) is 0 Å². The Balaban J connectivity index is 2.05. The first-order valence-electron chi connectivity index (χ1n) is 6.77. The molecular formula is C17H18N2O. The predicted molar refractivity (Wildman–Crippen MR) is 79.9 cm³/mol. The Morgan fingerprint density at radius 2 is 1.50 bits per heavy atom. The maximum absolute atomic E-state index is 10.5. The monoisotopic (exact) mass is 266 g/mol. The van der Waals surface area contributed by atoms with Gasteiger partial charge in [0.15, 0.2) is 6.17 Å². The first kappa shape index (κ1) is 13.0. The molecule has 1 atom stereocenters. The maximum Gasteiger partial charge on any atom is 0.151 e. The van der Waals surface area contributed by atoms with E-state index < -0.39 is 5.54 Å². The van der Waals surface area contributed by atoms with Gasteiger partial charge in [-0.1, -0.05) is 60.7 Å². The molecule has 2 aromatic carbocycles. The Morgan fingerprint density at radius 1 is 0.950 bits per heavy atom. The molecule has 0 saturated carbocycles. The van der Waals surface area contributed by atoms with Crippen LogP contribution in [0.5, 0.6) is 0 Å². The van der Waals surface area contributed by atoms with E-state index in [9.17, 15) is 5.21 Å². The van der Waals surface area contributed by atoms with Gasteiger partial charge in [0, 0.05) is 0 Å². The summed E-state index contributed by atoms with van der Waals surface area (Å²) in [5.41, 5.74) is 2.44. The molecule has 3 rings (SSSR count). The summed E-state index contributed by atoms with van der Waals surface area (Å²) < 4.78 is 0. The molecule has 1 aliphatic heterocycles. The molecule has 0 spiro atoms. The van der Waals surface area contributed by atoms with Crippen molar-refractivity contribution in [1.29, 1.82) is 0 Å². The van der Waals surface area contributed by atoms with Crippen molar-refractivity contribution in [2.75, 3.05) is 0 Å². The number of hydrogen-bond acceptors (Lipinski definition) is 3. The molecule has 20 heavy (non-hydrogen) atoms. The summed E-state index contributed by atoms with van der Waals surface area (Å²) in [4.78, 5) is 4.75. The minimum atomic E-state index is -0.512. The zero-order chi connectivity index (χ0) is 14.2. The first-order valence-corrected chi connectivity index (χ1v) is 6.77. The Hall–Kier alpha value is -1.97. The van der Waals surface area contributed by atoms with Crippen LogP contribution in [0.3, 0.4) is 0 Å². The SMILES string of the molecule is CC1(C)C(c2ccccc2)=N[C@H](c2ccccc2)N1O. The van der Waals surface area contributed by atoms with Gasteiger partial charge in [-0.3, -0.25) is 4.99 Å². The molecule has 102 valence electrons. The Kier molecular flexibility index (Phi) is 3.16. The third kappa shape index (κ3) is 2.05. The van der Waals surface area contributed by atoms with Crippen LogP contribution in [0.1, 0.15) is 31.1 Å². The lowest BCUT2D eigenvalue weighted by Crippen LogP contribution is -2.44. The van der Waals surface area contributed by atoms with Gasteiger partial charge < -0.3 is 5.21 Å². The van der Waals surface area contributed by atoms with E-state index in [0.29, 0.717) is 0 Å². The molecule has 0 amide bonds. The normalized spacial score (nSPS) is 21.8. The average molecular weight is 266 g/mol. The molecule has 0 radical (unpaired) electrons. The minimum Gasteiger partial charge on any atom is -0.311 e. The number of hydrogen-bond donors (Lipinski definition) is 1. The fourth-order valence-corrected chi connectivity index (χ4v) is 2.61. The average Bonchev–Trinajstić information content (AvgIpc) is 2.72. The van der Waals surface area contributed by atoms with E-state index in [-0.39, 0.29) is 6.17 Å². The largest absolute Gasteiger partial charge is 0.311 e. The van der Waals surface area contributed by atoms with Crippen LogP contribution in [0.15, 0.2) is 65.7 Å². The van der Waals surface area contributed by atoms with Gasteiger partial charge in [0.1, 0.15) is 0 Å². The lowest BCUT2D eigenvalue weighted by Gasteiger charge is -2.30. The van der Waals surface area contributed by atoms with Gasteiger partial charge in [-0.05, 0) is 25.0 Å². The van der Waals surface area contributed by atoms with Gasteiger partial charge in [-0.25, -0.2) is 0 Å². The van der Waals surface area contributed by atoms with Crippen molar-refractivity contribution in [3.63, 3.8) is 0 Å². The summed E-state index contributed by atoms with van der Waals surface area (Å²) in [6, 6.07) is 19.9. The van der Waals surface area contributed by atoms with Crippen LogP contribution < -0.4 is 0 Å². The van der Waals surface area contributed by atoms with E-state index in [2.05, 4.69) is 0 Å². The molecule has 1 N–H and O–H groups in total. The first-order chi connectivity index (χ1) is 9.60. The highest BCUT2D eigenvalue weighted by molar-refractivity contribution is 6.07. The Labute approximate surface area is 119 Å². The predicted octanol–water partition coefficient (Wildman–Crippen LogP) is 3.66. The van der Waals surface area contributed by atoms with Crippen molar-refractivity contribution in [3.8, 4) is 0 Å². The lowest BCUT2D eigenvalue weighted by atomic mass is 9.93. The molecule has 3 nitrogen and oxygen atoms in total. The van der Waals surface area contributed by atoms with Gasteiger partial charge in [0.25, 0.3) is 0 Å². The molecule has 1 aliphatic rings. The number of hydroxylamine groups is 2. The van der Waals surface area contributed by atoms with Gasteiger partial charge in [-0.15, -0.1) is 0 Å². The molecule has 2 aromatic rings. The molecule has 3 heteroatoms. The highest BCUT2D eigenvalue weighted by Crippen LogP contribution is 2.37. The molecule has 0 fully saturated rings. The van der Waals surface area contributed by atoms with Crippen molar-refractivity contribution in [1.82, 2.24) is 5.06 Å². The van der Waals surface area contributed by atoms with Gasteiger partial charge in [0.05, 0.1) is 11.3 Å². The van der Waals surface area contributed by atoms with Crippen molar-refractivity contribution < 1.29 is 5.21 Å². The van der Waals surface area contributed by atoms with Gasteiger partial charge in [0.2, 0.25) is 0 Å². The van der Waals surface area contributed by atoms with Crippen molar-refractivity contribution >= 4 is 5.71 Å². The van der Waals surface area contributed by atoms with E-state index in [0.717, 1.165) is 16.8 Å². The minimum absolute atomic E-state index is 0.346. The van der Waals surface area contributed by atoms with Crippen LogP contribution in [-0.4, -0.2) is 21.5 Å². The third-order valence-electron chi connectivity index (χ3n) is 3.78. The molecule has 0 aliphatic carbocycles. The van der Waals surface area contributed by atoms with Crippen LogP contribution in [0.25, 0.3) is 0 Å². The zero-order valence-electron chi connectivity index (χ0n) is 11.7. The van der Waals surface area contributed by atoms with Crippen LogP contribution in [0.2, 0.25) is 0 Å². The van der Waals surface area contributed by atoms with Crippen LogP contribution >= 0.6 is 0 Å². The van der Waals surface area contributed by atoms with Gasteiger partial charge >= 0.3 is 0 Å². The van der Waals surface area contributed by atoms with Crippen LogP contribution in [0, 0.1) is 0 Å². The Morgan fingerprint density at radius 3 is 2.10 bits per heavy atom. The van der Waals surface area contributed by atoms with E-state index in [1.807, 2.05) is 74.5 Å². The summed E-state index contributed by atoms with van der Waals surface area (Å²) in [7, 11) is 0. The molecule has 0 unspecified atom stereocenters. The highest BCUT2D eigenvalue weighted by Gasteiger charge is 2.43. The van der Waals surface area contributed by atoms with E-state index in [1.54, 1.807) is 0 Å². The number of benzene rings is 2. The van der Waals surface area contributed by atoms with Crippen LogP contribution in [0.4, 0.5) is 0 Å². The van der Waals surface area contributed by atoms with Crippen molar-refractivity contribution in [3.05, 3.63) is 71.8 Å². The Bertz CT molecular complexity index is 620. The quantitative estimate of drug-likeness (QED) is 0.900. The fraction of sp³-hybridized carbons (Fsp3) is 0.235. The van der Waals surface area contributed by atoms with Gasteiger partial charge in [-0.2, -0.15) is 5.06 Å². The lowest BCUT2D eigenvalue weighted by molar-refractivity contribution is -0.159. The molecule has 0 saturated heterocycles. The van der Waals surface area contributed by atoms with E-state index >= 15 is 0 Å². The maximum atomic E-state index is 10.5. The smallest absolute Gasteiger partial charge is 0.151 e. The molecule has 0 aromatic heterocycles. The second-order valence-electron chi connectivity index (χ2n) is 5.53. The van der Waals surface area contributed by atoms with Crippen molar-refractivity contribution in [2.45, 2.75) is 25.6 Å². The molecular weight excluding hydrogens is 248 g/mol. The highest BCUT2D eigenvalue weighted by atomic mass is 16.5. The van der Waals surface area contributed by atoms with Crippen molar-refractivity contribution in [2.24, 2.45) is 4.99 Å². The zero-order valence-corrected chi connectivity index (χ0v) is 11.7. The third-order valence-corrected chi connectivity index (χ3v) is 3.78. The summed E-state index contributed by atoms with van der Waals surface area (Å²) in [5, 5.41) is 11.9. The standard InChI is InChI=1S/C17H18N2O/c1-17(2)15(13-9-5-3-6-10-13)18-16(19(17)20)14-11-7-4-8-12-14/h3-12,16,20H,1-2H3/t16-/m0/s1. The topological polar surface area (TPSA) is 35.8 Å². The second kappa shape index (κ2) is 4.85. The second-order valence-corrected chi connectivity index (χ2v) is 5.53.